The van der Waals surface area contributed by atoms with E-state index < -0.39 is 0 Å². The van der Waals surface area contributed by atoms with Gasteiger partial charge in [0.2, 0.25) is 5.91 Å². The van der Waals surface area contributed by atoms with Crippen molar-refractivity contribution in [1.29, 1.82) is 5.26 Å². The van der Waals surface area contributed by atoms with Crippen LogP contribution in [0.15, 0.2) is 29.4 Å². The average Bonchev–Trinajstić information content (AvgIpc) is 2.38. The molecule has 0 aromatic heterocycles. The molecular weight excluding hydrogens is 233 g/mol. The molecule has 4 nitrogen and oxygen atoms in total. The van der Waals surface area contributed by atoms with Crippen LogP contribution in [-0.2, 0) is 4.79 Å². The second-order valence-electron chi connectivity index (χ2n) is 3.98. The Labute approximate surface area is 104 Å². The molecular formula is C13H12FN3O. The third-order valence-electron chi connectivity index (χ3n) is 2.70. The summed E-state index contributed by atoms with van der Waals surface area (Å²) < 4.78 is 13.1. The highest BCUT2D eigenvalue weighted by Crippen LogP contribution is 2.16. The van der Waals surface area contributed by atoms with Gasteiger partial charge in [-0.2, -0.15) is 10.4 Å². The molecule has 0 saturated heterocycles. The Balaban J connectivity index is 2.23. The van der Waals surface area contributed by atoms with Crippen LogP contribution in [0.2, 0.25) is 0 Å². The molecule has 1 heterocycles. The molecule has 1 aromatic carbocycles. The zero-order valence-electron chi connectivity index (χ0n) is 9.77. The van der Waals surface area contributed by atoms with Gasteiger partial charge in [-0.15, -0.1) is 0 Å². The number of benzene rings is 1. The largest absolute Gasteiger partial charge is 0.273 e. The van der Waals surface area contributed by atoms with Gasteiger partial charge in [0.15, 0.2) is 0 Å². The summed E-state index contributed by atoms with van der Waals surface area (Å²) in [4.78, 5) is 11.6. The Bertz CT molecular complexity index is 533. The van der Waals surface area contributed by atoms with Gasteiger partial charge in [0.25, 0.3) is 0 Å². The highest BCUT2D eigenvalue weighted by atomic mass is 19.1. The summed E-state index contributed by atoms with van der Waals surface area (Å²) in [7, 11) is 0. The fraction of sp³-hybridized carbons (Fsp3) is 0.308. The van der Waals surface area contributed by atoms with Gasteiger partial charge in [0.05, 0.1) is 24.7 Å². The molecule has 0 bridgehead atoms. The van der Waals surface area contributed by atoms with Crippen LogP contribution in [0.4, 0.5) is 4.39 Å². The summed E-state index contributed by atoms with van der Waals surface area (Å²) in [5.74, 6) is -0.416. The van der Waals surface area contributed by atoms with E-state index in [-0.39, 0.29) is 24.7 Å². The van der Waals surface area contributed by atoms with Crippen LogP contribution < -0.4 is 0 Å². The Kier molecular flexibility index (Phi) is 3.68. The maximum Gasteiger partial charge on any atom is 0.243 e. The maximum atomic E-state index is 13.1. The molecule has 0 N–H and O–H groups in total. The number of hydrazone groups is 1. The molecule has 18 heavy (non-hydrogen) atoms. The molecule has 1 aliphatic heterocycles. The number of amides is 1. The van der Waals surface area contributed by atoms with Crippen molar-refractivity contribution >= 4 is 11.6 Å². The van der Waals surface area contributed by atoms with Gasteiger partial charge in [-0.05, 0) is 12.1 Å². The molecule has 1 aliphatic rings. The number of nitriles is 1. The zero-order chi connectivity index (χ0) is 13.0. The lowest BCUT2D eigenvalue weighted by Gasteiger charge is -2.22. The number of rotatable bonds is 3. The first-order chi connectivity index (χ1) is 8.70. The van der Waals surface area contributed by atoms with Crippen LogP contribution in [0.3, 0.4) is 0 Å². The summed E-state index contributed by atoms with van der Waals surface area (Å²) in [6.45, 7) is 0.286. The number of halogens is 1. The summed E-state index contributed by atoms with van der Waals surface area (Å²) in [6.07, 6.45) is 1.10. The van der Waals surface area contributed by atoms with Crippen molar-refractivity contribution in [3.8, 4) is 6.07 Å². The van der Waals surface area contributed by atoms with Crippen molar-refractivity contribution in [2.45, 2.75) is 19.3 Å². The van der Waals surface area contributed by atoms with Gasteiger partial charge in [-0.25, -0.2) is 9.40 Å². The van der Waals surface area contributed by atoms with Crippen LogP contribution in [0.1, 0.15) is 24.8 Å². The number of carbonyl (C=O) groups is 1. The van der Waals surface area contributed by atoms with Crippen molar-refractivity contribution in [3.63, 3.8) is 0 Å². The minimum absolute atomic E-state index is 0.0922. The van der Waals surface area contributed by atoms with Gasteiger partial charge >= 0.3 is 0 Å². The van der Waals surface area contributed by atoms with E-state index in [4.69, 9.17) is 5.26 Å². The molecule has 0 atom stereocenters. The van der Waals surface area contributed by atoms with E-state index in [9.17, 15) is 9.18 Å². The molecule has 0 unspecified atom stereocenters. The molecule has 0 spiro atoms. The van der Waals surface area contributed by atoms with Crippen molar-refractivity contribution in [1.82, 2.24) is 5.01 Å². The predicted octanol–water partition coefficient (Wildman–Crippen LogP) is 2.07. The minimum atomic E-state index is -0.323. The lowest BCUT2D eigenvalue weighted by atomic mass is 10.0. The van der Waals surface area contributed by atoms with Gasteiger partial charge in [-0.3, -0.25) is 4.79 Å². The Morgan fingerprint density at radius 2 is 2.28 bits per heavy atom. The second-order valence-corrected chi connectivity index (χ2v) is 3.98. The number of hydrogen-bond acceptors (Lipinski definition) is 3. The number of hydrogen-bond donors (Lipinski definition) is 0. The van der Waals surface area contributed by atoms with E-state index in [2.05, 4.69) is 5.10 Å². The average molecular weight is 245 g/mol. The molecule has 5 heteroatoms. The van der Waals surface area contributed by atoms with Crippen LogP contribution in [0, 0.1) is 17.1 Å². The number of carbonyl (C=O) groups excluding carboxylic acids is 1. The molecule has 0 radical (unpaired) electrons. The van der Waals surface area contributed by atoms with Crippen molar-refractivity contribution in [3.05, 3.63) is 35.6 Å². The standard InChI is InChI=1S/C13H12FN3O/c14-11-4-1-3-10(9-11)12-5-6-13(18)17(16-12)8-2-7-15/h1,3-4,9H,2,5-6,8H2. The van der Waals surface area contributed by atoms with E-state index in [0.29, 0.717) is 24.1 Å². The molecule has 92 valence electrons. The predicted molar refractivity (Wildman–Crippen MR) is 64.1 cm³/mol. The topological polar surface area (TPSA) is 56.5 Å². The fourth-order valence-electron chi connectivity index (χ4n) is 1.81. The van der Waals surface area contributed by atoms with E-state index >= 15 is 0 Å². The fourth-order valence-corrected chi connectivity index (χ4v) is 1.81. The zero-order valence-corrected chi connectivity index (χ0v) is 9.77. The summed E-state index contributed by atoms with van der Waals surface area (Å²) >= 11 is 0. The third-order valence-corrected chi connectivity index (χ3v) is 2.70. The Hall–Kier alpha value is -2.22. The number of nitrogens with zero attached hydrogens (tertiary/aromatic N) is 3. The van der Waals surface area contributed by atoms with E-state index in [0.717, 1.165) is 0 Å². The third kappa shape index (κ3) is 2.72. The Morgan fingerprint density at radius 3 is 3.00 bits per heavy atom. The van der Waals surface area contributed by atoms with E-state index in [1.807, 2.05) is 6.07 Å². The van der Waals surface area contributed by atoms with E-state index in [1.54, 1.807) is 12.1 Å². The summed E-state index contributed by atoms with van der Waals surface area (Å²) in [5.41, 5.74) is 1.37. The first kappa shape index (κ1) is 12.2. The van der Waals surface area contributed by atoms with Gasteiger partial charge in [-0.1, -0.05) is 12.1 Å². The molecule has 0 fully saturated rings. The second kappa shape index (κ2) is 5.41. The van der Waals surface area contributed by atoms with Crippen molar-refractivity contribution in [2.75, 3.05) is 6.54 Å². The first-order valence-electron chi connectivity index (χ1n) is 5.71. The lowest BCUT2D eigenvalue weighted by molar-refractivity contribution is -0.131. The quantitative estimate of drug-likeness (QED) is 0.818. The van der Waals surface area contributed by atoms with Crippen LogP contribution >= 0.6 is 0 Å². The normalized spacial score (nSPS) is 15.2. The minimum Gasteiger partial charge on any atom is -0.273 e. The van der Waals surface area contributed by atoms with Crippen molar-refractivity contribution in [2.24, 2.45) is 5.10 Å². The molecule has 0 aliphatic carbocycles. The lowest BCUT2D eigenvalue weighted by Crippen LogP contribution is -2.32. The molecule has 0 saturated carbocycles. The maximum absolute atomic E-state index is 13.1. The van der Waals surface area contributed by atoms with Crippen molar-refractivity contribution < 1.29 is 9.18 Å². The SMILES string of the molecule is N#CCCN1N=C(c2cccc(F)c2)CCC1=O. The van der Waals surface area contributed by atoms with Crippen LogP contribution in [0.5, 0.6) is 0 Å². The van der Waals surface area contributed by atoms with Gasteiger partial charge in [0, 0.05) is 18.4 Å². The van der Waals surface area contributed by atoms with Crippen LogP contribution in [-0.4, -0.2) is 23.2 Å². The van der Waals surface area contributed by atoms with Crippen LogP contribution in [0.25, 0.3) is 0 Å². The Morgan fingerprint density at radius 1 is 1.44 bits per heavy atom. The smallest absolute Gasteiger partial charge is 0.243 e. The molecule has 1 aromatic rings. The van der Waals surface area contributed by atoms with Gasteiger partial charge in [0.1, 0.15) is 5.82 Å². The highest BCUT2D eigenvalue weighted by Gasteiger charge is 2.20. The summed E-state index contributed by atoms with van der Waals surface area (Å²) in [5, 5.41) is 14.0. The molecule has 1 amide bonds. The summed E-state index contributed by atoms with van der Waals surface area (Å²) in [6, 6.07) is 8.12. The van der Waals surface area contributed by atoms with Gasteiger partial charge < -0.3 is 0 Å². The molecule has 2 rings (SSSR count). The monoisotopic (exact) mass is 245 g/mol. The highest BCUT2D eigenvalue weighted by molar-refractivity contribution is 6.04. The first-order valence-corrected chi connectivity index (χ1v) is 5.71. The van der Waals surface area contributed by atoms with E-state index in [1.165, 1.54) is 17.1 Å².